The van der Waals surface area contributed by atoms with Crippen molar-refractivity contribution in [2.75, 3.05) is 36.4 Å². The van der Waals surface area contributed by atoms with E-state index in [1.165, 1.54) is 44.3 Å². The smallest absolute Gasteiger partial charge is 0.271 e. The Morgan fingerprint density at radius 1 is 0.826 bits per heavy atom. The summed E-state index contributed by atoms with van der Waals surface area (Å²) in [6, 6.07) is 22.7. The number of primary amides is 1. The van der Waals surface area contributed by atoms with Gasteiger partial charge < -0.3 is 26.2 Å². The van der Waals surface area contributed by atoms with E-state index in [2.05, 4.69) is 42.5 Å². The van der Waals surface area contributed by atoms with Gasteiger partial charge in [0, 0.05) is 42.6 Å². The van der Waals surface area contributed by atoms with E-state index < -0.39 is 5.91 Å². The predicted octanol–water partition coefficient (Wildman–Crippen LogP) is 5.12. The van der Waals surface area contributed by atoms with Gasteiger partial charge in [-0.25, -0.2) is 9.97 Å². The van der Waals surface area contributed by atoms with Gasteiger partial charge in [-0.2, -0.15) is 0 Å². The first-order chi connectivity index (χ1) is 22.5. The molecule has 236 valence electrons. The van der Waals surface area contributed by atoms with Crippen LogP contribution < -0.4 is 21.3 Å². The third-order valence-electron chi connectivity index (χ3n) is 9.41. The van der Waals surface area contributed by atoms with Crippen LogP contribution in [0.5, 0.6) is 0 Å². The number of likely N-dealkylation sites (tertiary alicyclic amines) is 1. The standard InChI is InChI=1S/C36H40N8O2/c37-34(45)33-35(40-28-11-8-24(9-12-28)25-16-19-43(20-17-25)30-13-14-30)42-32(22-39-33)44-18-4-7-29(23-44)41-36(46)27-10-15-31(38-21-27)26-5-2-1-3-6-26/h1-3,5-6,8-12,15,21-22,25,29-30H,4,7,13-14,16-20,23H2,(H2,37,45)(H,40,42)(H,41,46). The Morgan fingerprint density at radius 3 is 2.30 bits per heavy atom. The van der Waals surface area contributed by atoms with E-state index >= 15 is 0 Å². The lowest BCUT2D eigenvalue weighted by Crippen LogP contribution is -2.48. The third kappa shape index (κ3) is 6.87. The van der Waals surface area contributed by atoms with Crippen molar-refractivity contribution in [1.29, 1.82) is 0 Å². The highest BCUT2D eigenvalue weighted by Crippen LogP contribution is 2.35. The minimum absolute atomic E-state index is 0.0761. The maximum absolute atomic E-state index is 13.1. The number of pyridine rings is 1. The maximum atomic E-state index is 13.1. The fourth-order valence-electron chi connectivity index (χ4n) is 6.69. The number of anilines is 3. The van der Waals surface area contributed by atoms with Gasteiger partial charge in [-0.1, -0.05) is 42.5 Å². The number of hydrogen-bond acceptors (Lipinski definition) is 8. The molecule has 4 N–H and O–H groups in total. The number of amides is 2. The summed E-state index contributed by atoms with van der Waals surface area (Å²) in [7, 11) is 0. The number of piperidine rings is 2. The summed E-state index contributed by atoms with van der Waals surface area (Å²) in [5.41, 5.74) is 10.3. The minimum atomic E-state index is -0.642. The van der Waals surface area contributed by atoms with E-state index in [1.54, 1.807) is 12.4 Å². The molecule has 1 atom stereocenters. The number of hydrogen-bond donors (Lipinski definition) is 3. The van der Waals surface area contributed by atoms with Crippen LogP contribution in [0.3, 0.4) is 0 Å². The average Bonchev–Trinajstić information content (AvgIpc) is 3.95. The van der Waals surface area contributed by atoms with E-state index in [-0.39, 0.29) is 17.6 Å². The molecule has 4 heterocycles. The van der Waals surface area contributed by atoms with E-state index in [4.69, 9.17) is 10.7 Å². The highest BCUT2D eigenvalue weighted by molar-refractivity contribution is 5.96. The van der Waals surface area contributed by atoms with Crippen molar-refractivity contribution in [3.05, 3.63) is 95.9 Å². The van der Waals surface area contributed by atoms with Gasteiger partial charge in [-0.15, -0.1) is 0 Å². The molecule has 0 radical (unpaired) electrons. The molecular weight excluding hydrogens is 576 g/mol. The first-order valence-corrected chi connectivity index (χ1v) is 16.4. The molecule has 10 nitrogen and oxygen atoms in total. The van der Waals surface area contributed by atoms with Crippen LogP contribution in [0.25, 0.3) is 11.3 Å². The lowest BCUT2D eigenvalue weighted by Gasteiger charge is -2.34. The number of carbonyl (C=O) groups excluding carboxylic acids is 2. The topological polar surface area (TPSA) is 129 Å². The number of carbonyl (C=O) groups is 2. The van der Waals surface area contributed by atoms with Crippen molar-refractivity contribution < 1.29 is 9.59 Å². The Labute approximate surface area is 269 Å². The highest BCUT2D eigenvalue weighted by Gasteiger charge is 2.32. The van der Waals surface area contributed by atoms with Gasteiger partial charge in [0.1, 0.15) is 5.82 Å². The zero-order valence-corrected chi connectivity index (χ0v) is 25.9. The summed E-state index contributed by atoms with van der Waals surface area (Å²) in [5.74, 6) is 0.723. The zero-order valence-electron chi connectivity index (χ0n) is 25.9. The first-order valence-electron chi connectivity index (χ1n) is 16.4. The second kappa shape index (κ2) is 13.3. The van der Waals surface area contributed by atoms with Crippen molar-refractivity contribution >= 4 is 29.1 Å². The Hall–Kier alpha value is -4.83. The number of nitrogens with one attached hydrogen (secondary N) is 2. The number of aromatic nitrogens is 3. The maximum Gasteiger partial charge on any atom is 0.271 e. The van der Waals surface area contributed by atoms with Crippen molar-refractivity contribution in [3.8, 4) is 11.3 Å². The van der Waals surface area contributed by atoms with E-state index in [1.807, 2.05) is 54.6 Å². The quantitative estimate of drug-likeness (QED) is 0.236. The van der Waals surface area contributed by atoms with E-state index in [0.29, 0.717) is 29.7 Å². The van der Waals surface area contributed by atoms with Gasteiger partial charge in [-0.05, 0) is 87.4 Å². The molecule has 1 aliphatic carbocycles. The number of nitrogens with zero attached hydrogens (tertiary/aromatic N) is 5. The summed E-state index contributed by atoms with van der Waals surface area (Å²) in [4.78, 5) is 43.8. The lowest BCUT2D eigenvalue weighted by molar-refractivity contribution is 0.0931. The molecule has 2 aliphatic heterocycles. The summed E-state index contributed by atoms with van der Waals surface area (Å²) in [5, 5.41) is 6.45. The molecule has 4 aromatic rings. The summed E-state index contributed by atoms with van der Waals surface area (Å²) in [6.07, 6.45) is 10.0. The monoisotopic (exact) mass is 616 g/mol. The largest absolute Gasteiger partial charge is 0.364 e. The van der Waals surface area contributed by atoms with Crippen molar-refractivity contribution in [1.82, 2.24) is 25.2 Å². The summed E-state index contributed by atoms with van der Waals surface area (Å²) < 4.78 is 0. The molecule has 0 bridgehead atoms. The number of benzene rings is 2. The Balaban J connectivity index is 0.994. The predicted molar refractivity (Wildman–Crippen MR) is 179 cm³/mol. The zero-order chi connectivity index (χ0) is 31.5. The van der Waals surface area contributed by atoms with E-state index in [0.717, 1.165) is 42.4 Å². The Morgan fingerprint density at radius 2 is 1.61 bits per heavy atom. The number of nitrogens with two attached hydrogens (primary N) is 1. The molecule has 0 spiro atoms. The molecule has 2 amide bonds. The van der Waals surface area contributed by atoms with Crippen LogP contribution >= 0.6 is 0 Å². The second-order valence-corrected chi connectivity index (χ2v) is 12.6. The summed E-state index contributed by atoms with van der Waals surface area (Å²) >= 11 is 0. The van der Waals surface area contributed by atoms with E-state index in [9.17, 15) is 9.59 Å². The van der Waals surface area contributed by atoms with Crippen LogP contribution in [0, 0.1) is 0 Å². The summed E-state index contributed by atoms with van der Waals surface area (Å²) in [6.45, 7) is 3.69. The third-order valence-corrected chi connectivity index (χ3v) is 9.41. The lowest BCUT2D eigenvalue weighted by atomic mass is 9.89. The van der Waals surface area contributed by atoms with Crippen molar-refractivity contribution in [2.45, 2.75) is 56.5 Å². The molecule has 2 aromatic carbocycles. The Kier molecular flexibility index (Phi) is 8.61. The van der Waals surface area contributed by atoms with Crippen LogP contribution in [0.1, 0.15) is 70.9 Å². The molecule has 10 heteroatoms. The molecule has 7 rings (SSSR count). The average molecular weight is 617 g/mol. The van der Waals surface area contributed by atoms with Crippen molar-refractivity contribution in [3.63, 3.8) is 0 Å². The minimum Gasteiger partial charge on any atom is -0.364 e. The number of rotatable bonds is 9. The first kappa shape index (κ1) is 29.9. The molecule has 1 saturated carbocycles. The fourth-order valence-corrected chi connectivity index (χ4v) is 6.69. The Bertz CT molecular complexity index is 1670. The molecule has 3 fully saturated rings. The molecule has 2 aromatic heterocycles. The highest BCUT2D eigenvalue weighted by atomic mass is 16.2. The van der Waals surface area contributed by atoms with Gasteiger partial charge in [0.2, 0.25) is 0 Å². The van der Waals surface area contributed by atoms with Crippen LogP contribution in [0.15, 0.2) is 79.1 Å². The van der Waals surface area contributed by atoms with Crippen molar-refractivity contribution in [2.24, 2.45) is 5.73 Å². The molecule has 3 aliphatic rings. The van der Waals surface area contributed by atoms with Gasteiger partial charge in [0.05, 0.1) is 17.5 Å². The van der Waals surface area contributed by atoms with Crippen LogP contribution in [-0.4, -0.2) is 69.9 Å². The normalized spacial score (nSPS) is 19.0. The molecule has 46 heavy (non-hydrogen) atoms. The van der Waals surface area contributed by atoms with Gasteiger partial charge in [-0.3, -0.25) is 14.6 Å². The van der Waals surface area contributed by atoms with Gasteiger partial charge in [0.25, 0.3) is 11.8 Å². The van der Waals surface area contributed by atoms with Crippen LogP contribution in [-0.2, 0) is 0 Å². The molecule has 2 saturated heterocycles. The van der Waals surface area contributed by atoms with Gasteiger partial charge in [0.15, 0.2) is 11.5 Å². The SMILES string of the molecule is NC(=O)c1ncc(N2CCCC(NC(=O)c3ccc(-c4ccccc4)nc3)C2)nc1Nc1ccc(C2CCN(C3CC3)CC2)cc1. The molecule has 1 unspecified atom stereocenters. The fraction of sp³-hybridized carbons (Fsp3) is 0.361. The molecular formula is C36H40N8O2. The van der Waals surface area contributed by atoms with Crippen LogP contribution in [0.4, 0.5) is 17.3 Å². The van der Waals surface area contributed by atoms with Crippen LogP contribution in [0.2, 0.25) is 0 Å². The second-order valence-electron chi connectivity index (χ2n) is 12.6. The van der Waals surface area contributed by atoms with Gasteiger partial charge >= 0.3 is 0 Å².